The number of hydrogen-bond acceptors (Lipinski definition) is 3. The molecule has 31 heavy (non-hydrogen) atoms. The molecular weight excluding hydrogens is 408 g/mol. The third-order valence-electron chi connectivity index (χ3n) is 5.03. The standard InChI is InChI=1S/C23H18F4N4/c1-15-19(13-29-30-22-11-10-17(12-28-22)23(25,26)27)18-7-3-5-9-21(18)31(15)14-16-6-2-4-8-20(16)24/h2-13H,14H2,1H3,(H,28,30)/b29-13-. The van der Waals surface area contributed by atoms with Crippen molar-refractivity contribution in [1.29, 1.82) is 0 Å². The fourth-order valence-corrected chi connectivity index (χ4v) is 3.41. The Morgan fingerprint density at radius 2 is 1.77 bits per heavy atom. The van der Waals surface area contributed by atoms with Gasteiger partial charge in [-0.15, -0.1) is 0 Å². The maximum atomic E-state index is 14.2. The molecular formula is C23H18F4N4. The number of fused-ring (bicyclic) bond motifs is 1. The van der Waals surface area contributed by atoms with Crippen molar-refractivity contribution in [3.8, 4) is 0 Å². The Morgan fingerprint density at radius 3 is 2.48 bits per heavy atom. The number of benzene rings is 2. The van der Waals surface area contributed by atoms with Gasteiger partial charge in [0.25, 0.3) is 0 Å². The van der Waals surface area contributed by atoms with E-state index < -0.39 is 11.7 Å². The molecule has 0 radical (unpaired) electrons. The Bertz CT molecular complexity index is 1240. The molecule has 0 bridgehead atoms. The van der Waals surface area contributed by atoms with E-state index in [0.717, 1.165) is 34.4 Å². The number of nitrogens with one attached hydrogen (secondary N) is 1. The van der Waals surface area contributed by atoms with E-state index >= 15 is 0 Å². The second-order valence-electron chi connectivity index (χ2n) is 6.99. The largest absolute Gasteiger partial charge is 0.417 e. The number of nitrogens with zero attached hydrogens (tertiary/aromatic N) is 3. The lowest BCUT2D eigenvalue weighted by molar-refractivity contribution is -0.137. The normalized spacial score (nSPS) is 12.0. The van der Waals surface area contributed by atoms with Gasteiger partial charge in [0.2, 0.25) is 0 Å². The van der Waals surface area contributed by atoms with Crippen LogP contribution in [-0.4, -0.2) is 15.8 Å². The Morgan fingerprint density at radius 1 is 1.03 bits per heavy atom. The summed E-state index contributed by atoms with van der Waals surface area (Å²) in [7, 11) is 0. The Labute approximate surface area is 175 Å². The van der Waals surface area contributed by atoms with E-state index in [2.05, 4.69) is 15.5 Å². The first kappa shape index (κ1) is 20.6. The molecule has 0 amide bonds. The van der Waals surface area contributed by atoms with Crippen molar-refractivity contribution >= 4 is 22.9 Å². The van der Waals surface area contributed by atoms with Crippen molar-refractivity contribution in [3.63, 3.8) is 0 Å². The number of para-hydroxylation sites is 1. The Hall–Kier alpha value is -3.68. The summed E-state index contributed by atoms with van der Waals surface area (Å²) in [6, 6.07) is 16.5. The highest BCUT2D eigenvalue weighted by Crippen LogP contribution is 2.29. The van der Waals surface area contributed by atoms with E-state index in [9.17, 15) is 17.6 Å². The highest BCUT2D eigenvalue weighted by molar-refractivity contribution is 6.01. The lowest BCUT2D eigenvalue weighted by Gasteiger charge is -2.09. The molecule has 8 heteroatoms. The topological polar surface area (TPSA) is 42.2 Å². The fraction of sp³-hybridized carbons (Fsp3) is 0.130. The van der Waals surface area contributed by atoms with Gasteiger partial charge in [0.05, 0.1) is 18.3 Å². The number of hydrogen-bond donors (Lipinski definition) is 1. The van der Waals surface area contributed by atoms with Gasteiger partial charge >= 0.3 is 6.18 Å². The van der Waals surface area contributed by atoms with Crippen LogP contribution in [0.1, 0.15) is 22.4 Å². The SMILES string of the molecule is Cc1c(/C=N\Nc2ccc(C(F)(F)F)cn2)c2ccccc2n1Cc1ccccc1F. The molecule has 1 N–H and O–H groups in total. The van der Waals surface area contributed by atoms with E-state index in [1.54, 1.807) is 24.4 Å². The van der Waals surface area contributed by atoms with Crippen molar-refractivity contribution in [2.75, 3.05) is 5.43 Å². The van der Waals surface area contributed by atoms with Gasteiger partial charge in [-0.3, -0.25) is 5.43 Å². The van der Waals surface area contributed by atoms with Gasteiger partial charge in [-0.2, -0.15) is 18.3 Å². The lowest BCUT2D eigenvalue weighted by atomic mass is 10.1. The summed E-state index contributed by atoms with van der Waals surface area (Å²) < 4.78 is 54.1. The predicted octanol–water partition coefficient (Wildman–Crippen LogP) is 6.00. The van der Waals surface area contributed by atoms with Gasteiger partial charge in [-0.25, -0.2) is 9.37 Å². The van der Waals surface area contributed by atoms with Crippen molar-refractivity contribution in [2.24, 2.45) is 5.10 Å². The van der Waals surface area contributed by atoms with E-state index in [1.807, 2.05) is 35.8 Å². The maximum Gasteiger partial charge on any atom is 0.417 e. The summed E-state index contributed by atoms with van der Waals surface area (Å²) in [6.45, 7) is 2.28. The summed E-state index contributed by atoms with van der Waals surface area (Å²) in [4.78, 5) is 3.74. The third kappa shape index (κ3) is 4.28. The van der Waals surface area contributed by atoms with Gasteiger partial charge in [0.1, 0.15) is 11.6 Å². The van der Waals surface area contributed by atoms with Crippen LogP contribution < -0.4 is 5.43 Å². The summed E-state index contributed by atoms with van der Waals surface area (Å²) in [5.41, 5.74) is 5.04. The molecule has 0 unspecified atom stereocenters. The molecule has 4 rings (SSSR count). The minimum absolute atomic E-state index is 0.192. The monoisotopic (exact) mass is 426 g/mol. The molecule has 4 nitrogen and oxygen atoms in total. The highest BCUT2D eigenvalue weighted by atomic mass is 19.4. The van der Waals surface area contributed by atoms with Gasteiger partial charge in [-0.05, 0) is 31.2 Å². The quantitative estimate of drug-likeness (QED) is 0.242. The van der Waals surface area contributed by atoms with Crippen LogP contribution >= 0.6 is 0 Å². The highest BCUT2D eigenvalue weighted by Gasteiger charge is 2.30. The predicted molar refractivity (Wildman–Crippen MR) is 113 cm³/mol. The molecule has 2 aromatic carbocycles. The van der Waals surface area contributed by atoms with Crippen molar-refractivity contribution < 1.29 is 17.6 Å². The minimum atomic E-state index is -4.44. The zero-order chi connectivity index (χ0) is 22.0. The Kier molecular flexibility index (Phi) is 5.46. The van der Waals surface area contributed by atoms with Crippen LogP contribution in [0.5, 0.6) is 0 Å². The summed E-state index contributed by atoms with van der Waals surface area (Å²) in [6.07, 6.45) is -2.09. The van der Waals surface area contributed by atoms with Crippen LogP contribution in [0.2, 0.25) is 0 Å². The zero-order valence-corrected chi connectivity index (χ0v) is 16.5. The molecule has 0 aliphatic carbocycles. The molecule has 0 spiro atoms. The van der Waals surface area contributed by atoms with Gasteiger partial charge in [0, 0.05) is 33.9 Å². The summed E-state index contributed by atoms with van der Waals surface area (Å²) in [5.74, 6) is -0.0815. The summed E-state index contributed by atoms with van der Waals surface area (Å²) >= 11 is 0. The number of hydrazone groups is 1. The number of alkyl halides is 3. The van der Waals surface area contributed by atoms with Crippen LogP contribution in [0.4, 0.5) is 23.4 Å². The van der Waals surface area contributed by atoms with Crippen molar-refractivity contribution in [1.82, 2.24) is 9.55 Å². The second-order valence-corrected chi connectivity index (χ2v) is 6.99. The van der Waals surface area contributed by atoms with Crippen LogP contribution in [0.3, 0.4) is 0 Å². The zero-order valence-electron chi connectivity index (χ0n) is 16.5. The molecule has 2 heterocycles. The maximum absolute atomic E-state index is 14.2. The Balaban J connectivity index is 1.62. The van der Waals surface area contributed by atoms with Crippen LogP contribution in [0.15, 0.2) is 72.0 Å². The number of halogens is 4. The first-order chi connectivity index (χ1) is 14.8. The molecule has 0 aliphatic rings. The number of aromatic nitrogens is 2. The lowest BCUT2D eigenvalue weighted by Crippen LogP contribution is -2.06. The molecule has 0 saturated heterocycles. The summed E-state index contributed by atoms with van der Waals surface area (Å²) in [5, 5.41) is 5.08. The molecule has 0 aliphatic heterocycles. The van der Waals surface area contributed by atoms with E-state index in [0.29, 0.717) is 12.1 Å². The van der Waals surface area contributed by atoms with Crippen LogP contribution in [0, 0.1) is 12.7 Å². The fourth-order valence-electron chi connectivity index (χ4n) is 3.41. The molecule has 2 aromatic heterocycles. The first-order valence-corrected chi connectivity index (χ1v) is 9.48. The van der Waals surface area contributed by atoms with E-state index in [-0.39, 0.29) is 11.6 Å². The van der Waals surface area contributed by atoms with Gasteiger partial charge in [0.15, 0.2) is 0 Å². The van der Waals surface area contributed by atoms with Crippen LogP contribution in [-0.2, 0) is 12.7 Å². The molecule has 0 atom stereocenters. The molecule has 158 valence electrons. The van der Waals surface area contributed by atoms with Crippen LogP contribution in [0.25, 0.3) is 10.9 Å². The second kappa shape index (κ2) is 8.22. The average Bonchev–Trinajstić information content (AvgIpc) is 3.01. The molecule has 4 aromatic rings. The molecule has 0 fully saturated rings. The number of pyridine rings is 1. The van der Waals surface area contributed by atoms with E-state index in [4.69, 9.17) is 0 Å². The molecule has 0 saturated carbocycles. The third-order valence-corrected chi connectivity index (χ3v) is 5.03. The van der Waals surface area contributed by atoms with Crippen molar-refractivity contribution in [3.05, 3.63) is 95.1 Å². The van der Waals surface area contributed by atoms with Gasteiger partial charge in [-0.1, -0.05) is 36.4 Å². The smallest absolute Gasteiger partial charge is 0.340 e. The van der Waals surface area contributed by atoms with E-state index in [1.165, 1.54) is 12.1 Å². The average molecular weight is 426 g/mol. The number of anilines is 1. The van der Waals surface area contributed by atoms with Crippen molar-refractivity contribution in [2.45, 2.75) is 19.6 Å². The minimum Gasteiger partial charge on any atom is -0.340 e. The van der Waals surface area contributed by atoms with Gasteiger partial charge < -0.3 is 4.57 Å². The number of rotatable bonds is 5. The first-order valence-electron chi connectivity index (χ1n) is 9.48.